The highest BCUT2D eigenvalue weighted by Crippen LogP contribution is 2.03. The molecule has 5 heteroatoms. The first-order valence-electron chi connectivity index (χ1n) is 4.75. The molecule has 0 unspecified atom stereocenters. The van der Waals surface area contributed by atoms with Crippen LogP contribution in [0, 0.1) is 0 Å². The van der Waals surface area contributed by atoms with Crippen molar-refractivity contribution in [1.29, 1.82) is 0 Å². The third kappa shape index (κ3) is 5.72. The molecule has 0 bridgehead atoms. The molecule has 1 amide bonds. The normalized spacial score (nSPS) is 9.80. The van der Waals surface area contributed by atoms with Crippen LogP contribution in [0.4, 0.5) is 4.79 Å². The van der Waals surface area contributed by atoms with Gasteiger partial charge in [-0.1, -0.05) is 12.7 Å². The van der Waals surface area contributed by atoms with E-state index in [2.05, 4.69) is 6.58 Å². The Kier molecular flexibility index (Phi) is 6.17. The zero-order valence-corrected chi connectivity index (χ0v) is 9.10. The quantitative estimate of drug-likeness (QED) is 0.682. The van der Waals surface area contributed by atoms with E-state index in [4.69, 9.17) is 9.84 Å². The monoisotopic (exact) mass is 215 g/mol. The predicted octanol–water partition coefficient (Wildman–Crippen LogP) is 1.49. The Bertz CT molecular complexity index is 238. The number of aliphatic carboxylic acids is 1. The van der Waals surface area contributed by atoms with E-state index in [1.807, 2.05) is 0 Å². The Morgan fingerprint density at radius 1 is 1.53 bits per heavy atom. The van der Waals surface area contributed by atoms with Crippen molar-refractivity contribution in [2.24, 2.45) is 0 Å². The largest absolute Gasteiger partial charge is 0.481 e. The van der Waals surface area contributed by atoms with Gasteiger partial charge < -0.3 is 14.7 Å². The predicted molar refractivity (Wildman–Crippen MR) is 55.6 cm³/mol. The van der Waals surface area contributed by atoms with Gasteiger partial charge in [0.2, 0.25) is 0 Å². The summed E-state index contributed by atoms with van der Waals surface area (Å²) in [4.78, 5) is 23.2. The number of carbonyl (C=O) groups is 2. The summed E-state index contributed by atoms with van der Waals surface area (Å²) in [5.41, 5.74) is 0. The van der Waals surface area contributed by atoms with Gasteiger partial charge >= 0.3 is 12.1 Å². The third-order valence-corrected chi connectivity index (χ3v) is 1.75. The summed E-state index contributed by atoms with van der Waals surface area (Å²) in [6.07, 6.45) is 0.876. The van der Waals surface area contributed by atoms with Crippen LogP contribution in [0.3, 0.4) is 0 Å². The van der Waals surface area contributed by atoms with Gasteiger partial charge in [-0.3, -0.25) is 4.79 Å². The number of hydrogen-bond donors (Lipinski definition) is 1. The van der Waals surface area contributed by atoms with E-state index < -0.39 is 12.1 Å². The van der Waals surface area contributed by atoms with Gasteiger partial charge in [-0.15, -0.1) is 0 Å². The number of ether oxygens (including phenoxy) is 1. The number of amides is 1. The van der Waals surface area contributed by atoms with Gasteiger partial charge in [0.1, 0.15) is 6.61 Å². The molecule has 0 aliphatic heterocycles. The molecular weight excluding hydrogens is 198 g/mol. The Labute approximate surface area is 89.3 Å². The Morgan fingerprint density at radius 2 is 2.13 bits per heavy atom. The topological polar surface area (TPSA) is 66.8 Å². The summed E-state index contributed by atoms with van der Waals surface area (Å²) in [7, 11) is 0. The van der Waals surface area contributed by atoms with Crippen molar-refractivity contribution in [3.8, 4) is 0 Å². The average Bonchev–Trinajstić information content (AvgIpc) is 2.13. The first-order chi connectivity index (χ1) is 6.99. The highest BCUT2D eigenvalue weighted by molar-refractivity contribution is 5.70. The molecule has 0 saturated carbocycles. The van der Waals surface area contributed by atoms with Crippen LogP contribution in [0.2, 0.25) is 0 Å². The smallest absolute Gasteiger partial charge is 0.410 e. The summed E-state index contributed by atoms with van der Waals surface area (Å²) >= 11 is 0. The van der Waals surface area contributed by atoms with Crippen LogP contribution in [-0.4, -0.2) is 41.3 Å². The van der Waals surface area contributed by atoms with Crippen LogP contribution in [0.1, 0.15) is 20.3 Å². The zero-order chi connectivity index (χ0) is 11.8. The summed E-state index contributed by atoms with van der Waals surface area (Å²) in [6, 6.07) is -0.0818. The molecule has 1 N–H and O–H groups in total. The SMILES string of the molecule is C=CCOC(=O)N(CCC(=O)O)C(C)C. The number of carboxylic acids is 1. The minimum absolute atomic E-state index is 0.0818. The summed E-state index contributed by atoms with van der Waals surface area (Å²) in [6.45, 7) is 7.32. The second-order valence-corrected chi connectivity index (χ2v) is 3.30. The lowest BCUT2D eigenvalue weighted by Gasteiger charge is -2.24. The fourth-order valence-electron chi connectivity index (χ4n) is 0.990. The Morgan fingerprint density at radius 3 is 2.53 bits per heavy atom. The van der Waals surface area contributed by atoms with Crippen LogP contribution in [0.5, 0.6) is 0 Å². The third-order valence-electron chi connectivity index (χ3n) is 1.75. The van der Waals surface area contributed by atoms with Crippen LogP contribution in [-0.2, 0) is 9.53 Å². The van der Waals surface area contributed by atoms with Crippen LogP contribution in [0.15, 0.2) is 12.7 Å². The van der Waals surface area contributed by atoms with Crippen molar-refractivity contribution in [1.82, 2.24) is 4.90 Å². The van der Waals surface area contributed by atoms with Crippen molar-refractivity contribution >= 4 is 12.1 Å². The van der Waals surface area contributed by atoms with Crippen molar-refractivity contribution in [3.63, 3.8) is 0 Å². The van der Waals surface area contributed by atoms with Gasteiger partial charge in [0.05, 0.1) is 6.42 Å². The lowest BCUT2D eigenvalue weighted by molar-refractivity contribution is -0.137. The summed E-state index contributed by atoms with van der Waals surface area (Å²) in [5.74, 6) is -0.933. The molecule has 0 aromatic heterocycles. The van der Waals surface area contributed by atoms with E-state index in [0.717, 1.165) is 0 Å². The fourth-order valence-corrected chi connectivity index (χ4v) is 0.990. The van der Waals surface area contributed by atoms with E-state index in [1.165, 1.54) is 11.0 Å². The molecule has 0 spiro atoms. The number of nitrogens with zero attached hydrogens (tertiary/aromatic N) is 1. The molecule has 15 heavy (non-hydrogen) atoms. The van der Waals surface area contributed by atoms with E-state index in [0.29, 0.717) is 0 Å². The van der Waals surface area contributed by atoms with Gasteiger partial charge in [0, 0.05) is 12.6 Å². The second-order valence-electron chi connectivity index (χ2n) is 3.30. The number of carbonyl (C=O) groups excluding carboxylic acids is 1. The van der Waals surface area contributed by atoms with Crippen LogP contribution < -0.4 is 0 Å². The maximum Gasteiger partial charge on any atom is 0.410 e. The van der Waals surface area contributed by atoms with Gasteiger partial charge in [0.15, 0.2) is 0 Å². The molecule has 0 aromatic rings. The molecule has 0 heterocycles. The summed E-state index contributed by atoms with van der Waals surface area (Å²) < 4.78 is 4.82. The lowest BCUT2D eigenvalue weighted by Crippen LogP contribution is -2.38. The molecule has 0 atom stereocenters. The maximum atomic E-state index is 11.4. The minimum atomic E-state index is -0.933. The highest BCUT2D eigenvalue weighted by atomic mass is 16.6. The number of hydrogen-bond acceptors (Lipinski definition) is 3. The van der Waals surface area contributed by atoms with Crippen molar-refractivity contribution < 1.29 is 19.4 Å². The van der Waals surface area contributed by atoms with Gasteiger partial charge in [-0.05, 0) is 13.8 Å². The summed E-state index contributed by atoms with van der Waals surface area (Å²) in [5, 5.41) is 8.51. The van der Waals surface area contributed by atoms with E-state index in [-0.39, 0.29) is 25.6 Å². The maximum absolute atomic E-state index is 11.4. The molecule has 86 valence electrons. The fraction of sp³-hybridized carbons (Fsp3) is 0.600. The number of carboxylic acid groups (broad SMARTS) is 1. The minimum Gasteiger partial charge on any atom is -0.481 e. The number of rotatable bonds is 6. The molecule has 0 saturated heterocycles. The van der Waals surface area contributed by atoms with E-state index in [9.17, 15) is 9.59 Å². The van der Waals surface area contributed by atoms with Crippen molar-refractivity contribution in [2.75, 3.05) is 13.2 Å². The Hall–Kier alpha value is -1.52. The van der Waals surface area contributed by atoms with Crippen molar-refractivity contribution in [2.45, 2.75) is 26.3 Å². The van der Waals surface area contributed by atoms with E-state index >= 15 is 0 Å². The van der Waals surface area contributed by atoms with Gasteiger partial charge in [0.25, 0.3) is 0 Å². The molecule has 0 aliphatic rings. The molecule has 0 radical (unpaired) electrons. The van der Waals surface area contributed by atoms with E-state index in [1.54, 1.807) is 13.8 Å². The molecule has 0 rings (SSSR count). The van der Waals surface area contributed by atoms with Gasteiger partial charge in [-0.25, -0.2) is 4.79 Å². The average molecular weight is 215 g/mol. The molecule has 0 aromatic carbocycles. The molecule has 0 aliphatic carbocycles. The zero-order valence-electron chi connectivity index (χ0n) is 9.10. The van der Waals surface area contributed by atoms with Crippen LogP contribution >= 0.6 is 0 Å². The highest BCUT2D eigenvalue weighted by Gasteiger charge is 2.18. The first kappa shape index (κ1) is 13.5. The molecular formula is C10H17NO4. The van der Waals surface area contributed by atoms with Crippen molar-refractivity contribution in [3.05, 3.63) is 12.7 Å². The molecule has 5 nitrogen and oxygen atoms in total. The van der Waals surface area contributed by atoms with Crippen LogP contribution in [0.25, 0.3) is 0 Å². The standard InChI is InChI=1S/C10H17NO4/c1-4-7-15-10(14)11(8(2)3)6-5-9(12)13/h4,8H,1,5-7H2,2-3H3,(H,12,13). The molecule has 0 fully saturated rings. The second kappa shape index (κ2) is 6.86. The first-order valence-corrected chi connectivity index (χ1v) is 4.75. The Balaban J connectivity index is 4.18. The lowest BCUT2D eigenvalue weighted by atomic mass is 10.3. The van der Waals surface area contributed by atoms with Gasteiger partial charge in [-0.2, -0.15) is 0 Å².